The van der Waals surface area contributed by atoms with Crippen molar-refractivity contribution in [3.8, 4) is 11.5 Å². The Labute approximate surface area is 163 Å². The number of guanidine groups is 1. The Morgan fingerprint density at radius 2 is 1.75 bits per heavy atom. The fraction of sp³-hybridized carbons (Fsp3) is 0.588. The van der Waals surface area contributed by atoms with E-state index < -0.39 is 0 Å². The first-order valence-corrected chi connectivity index (χ1v) is 7.90. The Hall–Kier alpha value is -1.22. The van der Waals surface area contributed by atoms with Crippen LogP contribution in [0, 0.1) is 0 Å². The van der Waals surface area contributed by atoms with Crippen molar-refractivity contribution in [1.82, 2.24) is 15.5 Å². The van der Waals surface area contributed by atoms with Gasteiger partial charge in [0.25, 0.3) is 0 Å². The van der Waals surface area contributed by atoms with E-state index in [0.717, 1.165) is 49.9 Å². The molecule has 0 aliphatic carbocycles. The fourth-order valence-electron chi connectivity index (χ4n) is 2.18. The Balaban J connectivity index is 0.00000529. The van der Waals surface area contributed by atoms with Gasteiger partial charge in [0.2, 0.25) is 0 Å². The molecule has 7 heteroatoms. The normalized spacial score (nSPS) is 11.0. The number of aliphatic imine (C=N–C) groups is 1. The molecule has 24 heavy (non-hydrogen) atoms. The van der Waals surface area contributed by atoms with E-state index in [4.69, 9.17) is 9.47 Å². The molecule has 0 saturated carbocycles. The predicted octanol–water partition coefficient (Wildman–Crippen LogP) is 1.98. The maximum atomic E-state index is 5.32. The van der Waals surface area contributed by atoms with Gasteiger partial charge in [0, 0.05) is 20.1 Å². The third-order valence-corrected chi connectivity index (χ3v) is 3.45. The fourth-order valence-corrected chi connectivity index (χ4v) is 2.18. The molecule has 0 aromatic heterocycles. The van der Waals surface area contributed by atoms with Crippen molar-refractivity contribution in [3.63, 3.8) is 0 Å². The SMILES string of the molecule is CN=C(NCCCN(C)C)NCCc1ccc(OC)c(OC)c1.I. The van der Waals surface area contributed by atoms with Gasteiger partial charge >= 0.3 is 0 Å². The number of ether oxygens (including phenoxy) is 2. The zero-order valence-electron chi connectivity index (χ0n) is 15.4. The zero-order valence-corrected chi connectivity index (χ0v) is 17.7. The third kappa shape index (κ3) is 8.58. The molecule has 1 rings (SSSR count). The second-order valence-electron chi connectivity index (χ2n) is 5.52. The van der Waals surface area contributed by atoms with Gasteiger partial charge in [-0.05, 0) is 51.2 Å². The van der Waals surface area contributed by atoms with E-state index >= 15 is 0 Å². The zero-order chi connectivity index (χ0) is 17.1. The minimum absolute atomic E-state index is 0. The highest BCUT2D eigenvalue weighted by atomic mass is 127. The first kappa shape index (κ1) is 22.8. The summed E-state index contributed by atoms with van der Waals surface area (Å²) in [4.78, 5) is 6.41. The monoisotopic (exact) mass is 450 g/mol. The summed E-state index contributed by atoms with van der Waals surface area (Å²) in [5, 5.41) is 6.64. The molecule has 0 radical (unpaired) electrons. The van der Waals surface area contributed by atoms with E-state index in [1.165, 1.54) is 5.56 Å². The van der Waals surface area contributed by atoms with Crippen molar-refractivity contribution >= 4 is 29.9 Å². The average Bonchev–Trinajstić information content (AvgIpc) is 2.56. The number of benzene rings is 1. The quantitative estimate of drug-likeness (QED) is 0.261. The Morgan fingerprint density at radius 3 is 2.33 bits per heavy atom. The van der Waals surface area contributed by atoms with Gasteiger partial charge in [-0.2, -0.15) is 0 Å². The van der Waals surface area contributed by atoms with Gasteiger partial charge in [-0.15, -0.1) is 24.0 Å². The van der Waals surface area contributed by atoms with Crippen LogP contribution in [-0.4, -0.2) is 65.9 Å². The third-order valence-electron chi connectivity index (χ3n) is 3.45. The summed E-state index contributed by atoms with van der Waals surface area (Å²) >= 11 is 0. The van der Waals surface area contributed by atoms with Gasteiger partial charge < -0.3 is 25.0 Å². The molecule has 1 aromatic carbocycles. The first-order valence-electron chi connectivity index (χ1n) is 7.90. The van der Waals surface area contributed by atoms with Crippen LogP contribution >= 0.6 is 24.0 Å². The minimum atomic E-state index is 0. The topological polar surface area (TPSA) is 58.1 Å². The van der Waals surface area contributed by atoms with Crippen molar-refractivity contribution in [2.45, 2.75) is 12.8 Å². The Kier molecular flexibility index (Phi) is 12.4. The van der Waals surface area contributed by atoms with E-state index in [1.54, 1.807) is 21.3 Å². The van der Waals surface area contributed by atoms with Gasteiger partial charge in [0.15, 0.2) is 17.5 Å². The second kappa shape index (κ2) is 13.1. The van der Waals surface area contributed by atoms with Crippen LogP contribution in [0.4, 0.5) is 0 Å². The summed E-state index contributed by atoms with van der Waals surface area (Å²) in [6.45, 7) is 2.78. The van der Waals surface area contributed by atoms with Crippen LogP contribution in [-0.2, 0) is 6.42 Å². The van der Waals surface area contributed by atoms with Crippen molar-refractivity contribution in [2.75, 3.05) is 55.0 Å². The van der Waals surface area contributed by atoms with Crippen molar-refractivity contribution in [3.05, 3.63) is 23.8 Å². The van der Waals surface area contributed by atoms with E-state index in [0.29, 0.717) is 0 Å². The van der Waals surface area contributed by atoms with Gasteiger partial charge in [-0.1, -0.05) is 6.07 Å². The molecule has 0 aliphatic heterocycles. The molecule has 0 fully saturated rings. The molecular formula is C17H31IN4O2. The van der Waals surface area contributed by atoms with Crippen LogP contribution in [0.5, 0.6) is 11.5 Å². The summed E-state index contributed by atoms with van der Waals surface area (Å²) in [7, 11) is 9.24. The van der Waals surface area contributed by atoms with Crippen LogP contribution in [0.2, 0.25) is 0 Å². The highest BCUT2D eigenvalue weighted by molar-refractivity contribution is 14.0. The highest BCUT2D eigenvalue weighted by Gasteiger charge is 2.05. The van der Waals surface area contributed by atoms with E-state index in [2.05, 4.69) is 40.7 Å². The summed E-state index contributed by atoms with van der Waals surface area (Å²) in [5.41, 5.74) is 1.19. The average molecular weight is 450 g/mol. The molecule has 0 heterocycles. The van der Waals surface area contributed by atoms with E-state index in [-0.39, 0.29) is 24.0 Å². The molecule has 0 saturated heterocycles. The highest BCUT2D eigenvalue weighted by Crippen LogP contribution is 2.27. The lowest BCUT2D eigenvalue weighted by Crippen LogP contribution is -2.39. The molecule has 0 bridgehead atoms. The molecule has 138 valence electrons. The van der Waals surface area contributed by atoms with Gasteiger partial charge in [0.1, 0.15) is 0 Å². The predicted molar refractivity (Wildman–Crippen MR) is 111 cm³/mol. The molecule has 1 aromatic rings. The number of hydrogen-bond donors (Lipinski definition) is 2. The Bertz CT molecular complexity index is 495. The molecule has 6 nitrogen and oxygen atoms in total. The van der Waals surface area contributed by atoms with Crippen LogP contribution in [0.3, 0.4) is 0 Å². The Morgan fingerprint density at radius 1 is 1.08 bits per heavy atom. The second-order valence-corrected chi connectivity index (χ2v) is 5.52. The number of nitrogens with one attached hydrogen (secondary N) is 2. The van der Waals surface area contributed by atoms with Crippen molar-refractivity contribution in [2.24, 2.45) is 4.99 Å². The van der Waals surface area contributed by atoms with Crippen molar-refractivity contribution < 1.29 is 9.47 Å². The van der Waals surface area contributed by atoms with Crippen LogP contribution in [0.15, 0.2) is 23.2 Å². The van der Waals surface area contributed by atoms with Gasteiger partial charge in [-0.25, -0.2) is 0 Å². The maximum absolute atomic E-state index is 5.32. The molecule has 0 unspecified atom stereocenters. The van der Waals surface area contributed by atoms with Crippen LogP contribution in [0.25, 0.3) is 0 Å². The summed E-state index contributed by atoms with van der Waals surface area (Å²) < 4.78 is 10.6. The summed E-state index contributed by atoms with van der Waals surface area (Å²) in [6, 6.07) is 5.99. The number of rotatable bonds is 9. The first-order chi connectivity index (χ1) is 11.1. The smallest absolute Gasteiger partial charge is 0.190 e. The standard InChI is InChI=1S/C17H30N4O2.HI/c1-18-17(19-10-6-12-21(2)3)20-11-9-14-7-8-15(22-4)16(13-14)23-5;/h7-8,13H,6,9-12H2,1-5H3,(H2,18,19,20);1H. The van der Waals surface area contributed by atoms with Crippen LogP contribution in [0.1, 0.15) is 12.0 Å². The minimum Gasteiger partial charge on any atom is -0.493 e. The lowest BCUT2D eigenvalue weighted by molar-refractivity contribution is 0.354. The molecule has 0 spiro atoms. The molecular weight excluding hydrogens is 419 g/mol. The summed E-state index contributed by atoms with van der Waals surface area (Å²) in [5.74, 6) is 2.35. The van der Waals surface area contributed by atoms with Crippen molar-refractivity contribution in [1.29, 1.82) is 0 Å². The number of nitrogens with zero attached hydrogens (tertiary/aromatic N) is 2. The van der Waals surface area contributed by atoms with E-state index in [9.17, 15) is 0 Å². The number of halogens is 1. The van der Waals surface area contributed by atoms with E-state index in [1.807, 2.05) is 12.1 Å². The lowest BCUT2D eigenvalue weighted by Gasteiger charge is -2.14. The molecule has 0 amide bonds. The van der Waals surface area contributed by atoms with Crippen LogP contribution < -0.4 is 20.1 Å². The van der Waals surface area contributed by atoms with Gasteiger partial charge in [0.05, 0.1) is 14.2 Å². The number of methoxy groups -OCH3 is 2. The summed E-state index contributed by atoms with van der Waals surface area (Å²) in [6.07, 6.45) is 1.97. The number of hydrogen-bond acceptors (Lipinski definition) is 4. The molecule has 2 N–H and O–H groups in total. The largest absolute Gasteiger partial charge is 0.493 e. The maximum Gasteiger partial charge on any atom is 0.190 e. The lowest BCUT2D eigenvalue weighted by atomic mass is 10.1. The van der Waals surface area contributed by atoms with Gasteiger partial charge in [-0.3, -0.25) is 4.99 Å². The molecule has 0 aliphatic rings. The molecule has 0 atom stereocenters.